The van der Waals surface area contributed by atoms with Crippen molar-refractivity contribution in [1.29, 1.82) is 0 Å². The number of hydrogen-bond acceptors (Lipinski definition) is 6. The van der Waals surface area contributed by atoms with Crippen molar-refractivity contribution in [2.75, 3.05) is 24.3 Å². The Hall–Kier alpha value is -3.54. The molecule has 0 spiro atoms. The molecule has 146 valence electrons. The van der Waals surface area contributed by atoms with Crippen molar-refractivity contribution in [2.45, 2.75) is 20.4 Å². The Kier molecular flexibility index (Phi) is 5.08. The molecular weight excluding hydrogens is 360 g/mol. The molecule has 0 saturated carbocycles. The molecule has 4 rings (SSSR count). The lowest BCUT2D eigenvalue weighted by Crippen LogP contribution is -2.12. The second kappa shape index (κ2) is 7.83. The zero-order chi connectivity index (χ0) is 20.4. The Labute approximate surface area is 170 Å². The van der Waals surface area contributed by atoms with Crippen LogP contribution >= 0.6 is 0 Å². The number of nitrogens with one attached hydrogen (secondary N) is 1. The van der Waals surface area contributed by atoms with Crippen molar-refractivity contribution in [3.63, 3.8) is 0 Å². The van der Waals surface area contributed by atoms with Crippen LogP contribution in [-0.2, 0) is 6.54 Å². The SMILES string of the molecule is Cc1nc(-c2ccncc2)nc(NCc2cc(N(C)C)nc3ccccc23)c1C. The Bertz CT molecular complexity index is 1150. The van der Waals surface area contributed by atoms with E-state index in [-0.39, 0.29) is 0 Å². The maximum atomic E-state index is 4.78. The molecule has 0 aliphatic carbocycles. The molecule has 0 bridgehead atoms. The van der Waals surface area contributed by atoms with Crippen molar-refractivity contribution in [2.24, 2.45) is 0 Å². The number of rotatable bonds is 5. The van der Waals surface area contributed by atoms with Crippen LogP contribution in [0.1, 0.15) is 16.8 Å². The van der Waals surface area contributed by atoms with Crippen LogP contribution in [0, 0.1) is 13.8 Å². The summed E-state index contributed by atoms with van der Waals surface area (Å²) in [5.74, 6) is 2.48. The molecule has 0 fully saturated rings. The molecule has 6 nitrogen and oxygen atoms in total. The fraction of sp³-hybridized carbons (Fsp3) is 0.217. The summed E-state index contributed by atoms with van der Waals surface area (Å²) in [6.45, 7) is 4.71. The Morgan fingerprint density at radius 1 is 0.931 bits per heavy atom. The molecule has 1 N–H and O–H groups in total. The predicted molar refractivity (Wildman–Crippen MR) is 118 cm³/mol. The van der Waals surface area contributed by atoms with Crippen LogP contribution in [0.3, 0.4) is 0 Å². The highest BCUT2D eigenvalue weighted by Crippen LogP contribution is 2.25. The standard InChI is InChI=1S/C23H24N6/c1-15-16(2)26-23(17-9-11-24-12-10-17)28-22(15)25-14-18-13-21(29(3)4)27-20-8-6-5-7-19(18)20/h5-13H,14H2,1-4H3,(H,25,26,28). The molecule has 0 saturated heterocycles. The molecule has 0 radical (unpaired) electrons. The number of anilines is 2. The van der Waals surface area contributed by atoms with E-state index in [1.807, 2.05) is 63.2 Å². The van der Waals surface area contributed by atoms with Crippen molar-refractivity contribution in [3.05, 3.63) is 71.7 Å². The van der Waals surface area contributed by atoms with E-state index >= 15 is 0 Å². The highest BCUT2D eigenvalue weighted by molar-refractivity contribution is 5.84. The summed E-state index contributed by atoms with van der Waals surface area (Å²) in [4.78, 5) is 20.3. The van der Waals surface area contributed by atoms with Crippen LogP contribution in [-0.4, -0.2) is 34.0 Å². The summed E-state index contributed by atoms with van der Waals surface area (Å²) in [6.07, 6.45) is 3.51. The third-order valence-corrected chi connectivity index (χ3v) is 5.02. The number of aryl methyl sites for hydroxylation is 1. The summed E-state index contributed by atoms with van der Waals surface area (Å²) < 4.78 is 0. The minimum absolute atomic E-state index is 0.650. The van der Waals surface area contributed by atoms with E-state index < -0.39 is 0 Å². The molecule has 3 aromatic heterocycles. The van der Waals surface area contributed by atoms with Gasteiger partial charge in [0.1, 0.15) is 11.6 Å². The van der Waals surface area contributed by atoms with Gasteiger partial charge in [-0.2, -0.15) is 0 Å². The van der Waals surface area contributed by atoms with Crippen LogP contribution in [0.25, 0.3) is 22.3 Å². The van der Waals surface area contributed by atoms with E-state index in [4.69, 9.17) is 9.97 Å². The number of fused-ring (bicyclic) bond motifs is 1. The third-order valence-electron chi connectivity index (χ3n) is 5.02. The summed E-state index contributed by atoms with van der Waals surface area (Å²) >= 11 is 0. The van der Waals surface area contributed by atoms with Crippen LogP contribution in [0.2, 0.25) is 0 Å². The maximum absolute atomic E-state index is 4.78. The molecule has 6 heteroatoms. The van der Waals surface area contributed by atoms with Crippen LogP contribution in [0.15, 0.2) is 54.9 Å². The average molecular weight is 384 g/mol. The van der Waals surface area contributed by atoms with E-state index in [1.165, 1.54) is 5.56 Å². The van der Waals surface area contributed by atoms with Gasteiger partial charge in [0.25, 0.3) is 0 Å². The molecule has 0 aliphatic heterocycles. The second-order valence-corrected chi connectivity index (χ2v) is 7.25. The Morgan fingerprint density at radius 2 is 1.69 bits per heavy atom. The quantitative estimate of drug-likeness (QED) is 0.551. The first-order valence-electron chi connectivity index (χ1n) is 9.58. The van der Waals surface area contributed by atoms with Gasteiger partial charge in [-0.1, -0.05) is 18.2 Å². The number of benzene rings is 1. The lowest BCUT2D eigenvalue weighted by molar-refractivity contribution is 1.03. The highest BCUT2D eigenvalue weighted by Gasteiger charge is 2.12. The van der Waals surface area contributed by atoms with Crippen molar-refractivity contribution < 1.29 is 0 Å². The van der Waals surface area contributed by atoms with Gasteiger partial charge in [0.2, 0.25) is 0 Å². The first-order chi connectivity index (χ1) is 14.0. The first-order valence-corrected chi connectivity index (χ1v) is 9.58. The smallest absolute Gasteiger partial charge is 0.161 e. The van der Waals surface area contributed by atoms with Gasteiger partial charge in [-0.05, 0) is 43.7 Å². The van der Waals surface area contributed by atoms with Crippen molar-refractivity contribution in [1.82, 2.24) is 19.9 Å². The normalized spacial score (nSPS) is 10.9. The fourth-order valence-electron chi connectivity index (χ4n) is 3.22. The summed E-state index contributed by atoms with van der Waals surface area (Å²) in [5.41, 5.74) is 5.14. The highest BCUT2D eigenvalue weighted by atomic mass is 15.1. The molecule has 4 aromatic rings. The van der Waals surface area contributed by atoms with Crippen LogP contribution in [0.5, 0.6) is 0 Å². The molecule has 0 amide bonds. The van der Waals surface area contributed by atoms with E-state index in [0.29, 0.717) is 12.4 Å². The largest absolute Gasteiger partial charge is 0.366 e. The molecule has 0 unspecified atom stereocenters. The lowest BCUT2D eigenvalue weighted by Gasteiger charge is -2.17. The Morgan fingerprint density at radius 3 is 2.45 bits per heavy atom. The zero-order valence-electron chi connectivity index (χ0n) is 17.1. The zero-order valence-corrected chi connectivity index (χ0v) is 17.1. The summed E-state index contributed by atoms with van der Waals surface area (Å²) in [5, 5.41) is 4.67. The second-order valence-electron chi connectivity index (χ2n) is 7.25. The van der Waals surface area contributed by atoms with Gasteiger partial charge < -0.3 is 10.2 Å². The first kappa shape index (κ1) is 18.8. The number of nitrogens with zero attached hydrogens (tertiary/aromatic N) is 5. The predicted octanol–water partition coefficient (Wildman–Crippen LogP) is 4.38. The summed E-state index contributed by atoms with van der Waals surface area (Å²) in [6, 6.07) is 14.2. The van der Waals surface area contributed by atoms with Gasteiger partial charge in [0.15, 0.2) is 5.82 Å². The molecule has 29 heavy (non-hydrogen) atoms. The maximum Gasteiger partial charge on any atom is 0.161 e. The van der Waals surface area contributed by atoms with Gasteiger partial charge in [0, 0.05) is 55.2 Å². The van der Waals surface area contributed by atoms with Gasteiger partial charge in [-0.3, -0.25) is 4.98 Å². The van der Waals surface area contributed by atoms with Gasteiger partial charge in [-0.25, -0.2) is 15.0 Å². The molecule has 0 aliphatic rings. The van der Waals surface area contributed by atoms with Crippen LogP contribution < -0.4 is 10.2 Å². The number of aromatic nitrogens is 4. The van der Waals surface area contributed by atoms with Gasteiger partial charge in [-0.15, -0.1) is 0 Å². The minimum Gasteiger partial charge on any atom is -0.366 e. The topological polar surface area (TPSA) is 66.8 Å². The van der Waals surface area contributed by atoms with E-state index in [2.05, 4.69) is 27.4 Å². The monoisotopic (exact) mass is 384 g/mol. The number of para-hydroxylation sites is 1. The molecule has 0 atom stereocenters. The molecule has 1 aromatic carbocycles. The third kappa shape index (κ3) is 3.87. The number of pyridine rings is 2. The summed E-state index contributed by atoms with van der Waals surface area (Å²) in [7, 11) is 4.01. The molecule has 3 heterocycles. The average Bonchev–Trinajstić information content (AvgIpc) is 2.74. The minimum atomic E-state index is 0.650. The Balaban J connectivity index is 1.70. The van der Waals surface area contributed by atoms with Gasteiger partial charge in [0.05, 0.1) is 5.52 Å². The number of hydrogen-bond donors (Lipinski definition) is 1. The van der Waals surface area contributed by atoms with E-state index in [1.54, 1.807) is 12.4 Å². The van der Waals surface area contributed by atoms with E-state index in [9.17, 15) is 0 Å². The van der Waals surface area contributed by atoms with Gasteiger partial charge >= 0.3 is 0 Å². The fourth-order valence-corrected chi connectivity index (χ4v) is 3.22. The lowest BCUT2D eigenvalue weighted by atomic mass is 10.1. The van der Waals surface area contributed by atoms with Crippen molar-refractivity contribution in [3.8, 4) is 11.4 Å². The van der Waals surface area contributed by atoms with E-state index in [0.717, 1.165) is 39.4 Å². The van der Waals surface area contributed by atoms with Crippen molar-refractivity contribution >= 4 is 22.5 Å². The van der Waals surface area contributed by atoms with Crippen LogP contribution in [0.4, 0.5) is 11.6 Å². The molecular formula is C23H24N6.